The number of rotatable bonds is 1. The van der Waals surface area contributed by atoms with Crippen molar-refractivity contribution in [2.75, 3.05) is 0 Å². The molecule has 0 fully saturated rings. The molecule has 2 aromatic rings. The molecule has 0 radical (unpaired) electrons. The van der Waals surface area contributed by atoms with Gasteiger partial charge in [-0.1, -0.05) is 20.8 Å². The standard InChI is InChI=1S/C17H19FO2S/c1-17(2,3)16-7-6-15(21-16)14-9-12(19)11-5-4-10(18)8-13(11)20-14/h4-8,12,14,19H,9H2,1-3H3. The molecule has 112 valence electrons. The molecule has 0 saturated heterocycles. The first-order valence-corrected chi connectivity index (χ1v) is 7.90. The average Bonchev–Trinajstić information content (AvgIpc) is 2.87. The van der Waals surface area contributed by atoms with Crippen LogP contribution in [-0.2, 0) is 5.41 Å². The van der Waals surface area contributed by atoms with Gasteiger partial charge in [0, 0.05) is 27.8 Å². The van der Waals surface area contributed by atoms with E-state index in [0.717, 1.165) is 4.88 Å². The van der Waals surface area contributed by atoms with Crippen LogP contribution in [0.25, 0.3) is 0 Å². The van der Waals surface area contributed by atoms with E-state index in [0.29, 0.717) is 17.7 Å². The summed E-state index contributed by atoms with van der Waals surface area (Å²) in [7, 11) is 0. The predicted molar refractivity (Wildman–Crippen MR) is 82.4 cm³/mol. The minimum atomic E-state index is -0.612. The smallest absolute Gasteiger partial charge is 0.136 e. The van der Waals surface area contributed by atoms with Crippen LogP contribution in [0.2, 0.25) is 0 Å². The first-order chi connectivity index (χ1) is 9.84. The van der Waals surface area contributed by atoms with Gasteiger partial charge in [0.1, 0.15) is 17.7 Å². The summed E-state index contributed by atoms with van der Waals surface area (Å²) in [6.45, 7) is 6.51. The second kappa shape index (κ2) is 5.11. The van der Waals surface area contributed by atoms with E-state index < -0.39 is 6.10 Å². The zero-order chi connectivity index (χ0) is 15.2. The zero-order valence-electron chi connectivity index (χ0n) is 12.4. The van der Waals surface area contributed by atoms with Gasteiger partial charge < -0.3 is 9.84 Å². The Bertz CT molecular complexity index is 657. The molecule has 0 spiro atoms. The number of fused-ring (bicyclic) bond motifs is 1. The van der Waals surface area contributed by atoms with Crippen molar-refractivity contribution in [3.05, 3.63) is 51.5 Å². The maximum absolute atomic E-state index is 13.4. The van der Waals surface area contributed by atoms with Crippen LogP contribution in [0.1, 0.15) is 54.7 Å². The highest BCUT2D eigenvalue weighted by Crippen LogP contribution is 2.43. The minimum absolute atomic E-state index is 0.0974. The van der Waals surface area contributed by atoms with Crippen molar-refractivity contribution >= 4 is 11.3 Å². The van der Waals surface area contributed by atoms with E-state index in [1.165, 1.54) is 17.0 Å². The molecule has 1 aliphatic rings. The highest BCUT2D eigenvalue weighted by molar-refractivity contribution is 7.12. The summed E-state index contributed by atoms with van der Waals surface area (Å²) < 4.78 is 19.3. The van der Waals surface area contributed by atoms with E-state index in [4.69, 9.17) is 4.74 Å². The molecule has 1 aliphatic heterocycles. The van der Waals surface area contributed by atoms with E-state index in [9.17, 15) is 9.50 Å². The van der Waals surface area contributed by atoms with E-state index >= 15 is 0 Å². The summed E-state index contributed by atoms with van der Waals surface area (Å²) >= 11 is 1.70. The van der Waals surface area contributed by atoms with Crippen LogP contribution in [0.3, 0.4) is 0 Å². The zero-order valence-corrected chi connectivity index (χ0v) is 13.2. The Hall–Kier alpha value is -1.39. The Morgan fingerprint density at radius 2 is 2.00 bits per heavy atom. The van der Waals surface area contributed by atoms with E-state index in [1.807, 2.05) is 6.07 Å². The number of benzene rings is 1. The summed E-state index contributed by atoms with van der Waals surface area (Å²) in [6, 6.07) is 8.46. The van der Waals surface area contributed by atoms with Gasteiger partial charge in [-0.3, -0.25) is 0 Å². The van der Waals surface area contributed by atoms with Crippen LogP contribution in [0.15, 0.2) is 30.3 Å². The van der Waals surface area contributed by atoms with Crippen LogP contribution >= 0.6 is 11.3 Å². The topological polar surface area (TPSA) is 29.5 Å². The molecule has 0 bridgehead atoms. The number of hydrogen-bond donors (Lipinski definition) is 1. The van der Waals surface area contributed by atoms with Crippen molar-refractivity contribution in [3.8, 4) is 5.75 Å². The van der Waals surface area contributed by atoms with Crippen LogP contribution in [-0.4, -0.2) is 5.11 Å². The number of aliphatic hydroxyl groups excluding tert-OH is 1. The summed E-state index contributed by atoms with van der Waals surface area (Å²) in [6.07, 6.45) is -0.321. The highest BCUT2D eigenvalue weighted by Gasteiger charge is 2.30. The fraction of sp³-hybridized carbons (Fsp3) is 0.412. The first-order valence-electron chi connectivity index (χ1n) is 7.09. The summed E-state index contributed by atoms with van der Waals surface area (Å²) in [4.78, 5) is 2.36. The molecule has 2 atom stereocenters. The first kappa shape index (κ1) is 14.5. The lowest BCUT2D eigenvalue weighted by Crippen LogP contribution is -2.18. The second-order valence-corrected chi connectivity index (χ2v) is 7.61. The molecule has 2 heterocycles. The predicted octanol–water partition coefficient (Wildman–Crippen LogP) is 4.74. The maximum Gasteiger partial charge on any atom is 0.136 e. The third-order valence-electron chi connectivity index (χ3n) is 3.72. The lowest BCUT2D eigenvalue weighted by Gasteiger charge is -2.29. The molecule has 21 heavy (non-hydrogen) atoms. The van der Waals surface area contributed by atoms with Crippen LogP contribution in [0, 0.1) is 5.82 Å². The van der Waals surface area contributed by atoms with Crippen molar-refractivity contribution in [2.24, 2.45) is 0 Å². The van der Waals surface area contributed by atoms with E-state index in [-0.39, 0.29) is 17.3 Å². The van der Waals surface area contributed by atoms with Crippen molar-refractivity contribution < 1.29 is 14.2 Å². The van der Waals surface area contributed by atoms with E-state index in [1.54, 1.807) is 17.4 Å². The number of aliphatic hydroxyl groups is 1. The molecule has 2 unspecified atom stereocenters. The summed E-state index contributed by atoms with van der Waals surface area (Å²) in [5.74, 6) is 0.104. The molecular formula is C17H19FO2S. The fourth-order valence-corrected chi connectivity index (χ4v) is 3.63. The highest BCUT2D eigenvalue weighted by atomic mass is 32.1. The Kier molecular flexibility index (Phi) is 3.54. The third kappa shape index (κ3) is 2.83. The Morgan fingerprint density at radius 1 is 1.24 bits per heavy atom. The van der Waals surface area contributed by atoms with Crippen LogP contribution in [0.5, 0.6) is 5.75 Å². The summed E-state index contributed by atoms with van der Waals surface area (Å²) in [5.41, 5.74) is 0.764. The van der Waals surface area contributed by atoms with Gasteiger partial charge in [0.05, 0.1) is 6.10 Å². The van der Waals surface area contributed by atoms with Gasteiger partial charge in [-0.15, -0.1) is 11.3 Å². The van der Waals surface area contributed by atoms with Gasteiger partial charge in [0.25, 0.3) is 0 Å². The third-order valence-corrected chi connectivity index (χ3v) is 5.33. The molecule has 0 aliphatic carbocycles. The minimum Gasteiger partial charge on any atom is -0.484 e. The Labute approximate surface area is 128 Å². The molecule has 1 N–H and O–H groups in total. The van der Waals surface area contributed by atoms with Gasteiger partial charge in [-0.2, -0.15) is 0 Å². The molecule has 0 saturated carbocycles. The van der Waals surface area contributed by atoms with Gasteiger partial charge in [-0.25, -0.2) is 4.39 Å². The van der Waals surface area contributed by atoms with Crippen LogP contribution in [0.4, 0.5) is 4.39 Å². The lowest BCUT2D eigenvalue weighted by atomic mass is 9.95. The monoisotopic (exact) mass is 306 g/mol. The van der Waals surface area contributed by atoms with Gasteiger partial charge >= 0.3 is 0 Å². The van der Waals surface area contributed by atoms with Crippen molar-refractivity contribution in [1.82, 2.24) is 0 Å². The summed E-state index contributed by atoms with van der Waals surface area (Å²) in [5, 5.41) is 10.3. The largest absolute Gasteiger partial charge is 0.484 e. The average molecular weight is 306 g/mol. The number of hydrogen-bond acceptors (Lipinski definition) is 3. The molecular weight excluding hydrogens is 287 g/mol. The quantitative estimate of drug-likeness (QED) is 0.824. The van der Waals surface area contributed by atoms with E-state index in [2.05, 4.69) is 26.8 Å². The number of ether oxygens (including phenoxy) is 1. The molecule has 4 heteroatoms. The number of halogens is 1. The lowest BCUT2D eigenvalue weighted by molar-refractivity contribution is 0.0671. The van der Waals surface area contributed by atoms with Gasteiger partial charge in [0.15, 0.2) is 0 Å². The van der Waals surface area contributed by atoms with Gasteiger partial charge in [0.2, 0.25) is 0 Å². The van der Waals surface area contributed by atoms with Crippen molar-refractivity contribution in [3.63, 3.8) is 0 Å². The van der Waals surface area contributed by atoms with Crippen molar-refractivity contribution in [2.45, 2.75) is 44.8 Å². The SMILES string of the molecule is CC(C)(C)c1ccc(C2CC(O)c3ccc(F)cc3O2)s1. The molecule has 3 rings (SSSR count). The molecule has 0 amide bonds. The van der Waals surface area contributed by atoms with Crippen molar-refractivity contribution in [1.29, 1.82) is 0 Å². The maximum atomic E-state index is 13.4. The number of thiophene rings is 1. The normalized spacial score (nSPS) is 21.8. The molecule has 1 aromatic carbocycles. The molecule has 2 nitrogen and oxygen atoms in total. The molecule has 1 aromatic heterocycles. The Balaban J connectivity index is 1.90. The second-order valence-electron chi connectivity index (χ2n) is 6.49. The van der Waals surface area contributed by atoms with Crippen LogP contribution < -0.4 is 4.74 Å². The van der Waals surface area contributed by atoms with Gasteiger partial charge in [-0.05, 0) is 29.7 Å². The fourth-order valence-electron chi connectivity index (χ4n) is 2.52. The Morgan fingerprint density at radius 3 is 2.67 bits per heavy atom.